The second kappa shape index (κ2) is 5.95. The lowest BCUT2D eigenvalue weighted by Crippen LogP contribution is -2.46. The fourth-order valence-electron chi connectivity index (χ4n) is 3.51. The van der Waals surface area contributed by atoms with Gasteiger partial charge in [0.2, 0.25) is 0 Å². The van der Waals surface area contributed by atoms with Crippen LogP contribution in [-0.2, 0) is 12.8 Å². The van der Waals surface area contributed by atoms with Gasteiger partial charge < -0.3 is 5.32 Å². The Morgan fingerprint density at radius 3 is 3.15 bits per heavy atom. The van der Waals surface area contributed by atoms with Gasteiger partial charge in [0.05, 0.1) is 0 Å². The summed E-state index contributed by atoms with van der Waals surface area (Å²) in [5.74, 6) is -0.00831. The number of likely N-dealkylation sites (N-methyl/N-ethyl adjacent to an activating group) is 1. The van der Waals surface area contributed by atoms with E-state index in [1.165, 1.54) is 19.3 Å². The van der Waals surface area contributed by atoms with Crippen molar-refractivity contribution in [3.63, 3.8) is 0 Å². The first-order valence-electron chi connectivity index (χ1n) is 7.88. The molecule has 1 unspecified atom stereocenters. The van der Waals surface area contributed by atoms with E-state index in [1.54, 1.807) is 0 Å². The number of hydrogen-bond donors (Lipinski definition) is 2. The van der Waals surface area contributed by atoms with Crippen LogP contribution in [0.15, 0.2) is 0 Å². The monoisotopic (exact) mass is 276 g/mol. The van der Waals surface area contributed by atoms with Crippen molar-refractivity contribution < 1.29 is 4.79 Å². The fraction of sp³-hybridized carbons (Fsp3) is 0.733. The van der Waals surface area contributed by atoms with Crippen molar-refractivity contribution in [2.24, 2.45) is 0 Å². The number of amides is 1. The summed E-state index contributed by atoms with van der Waals surface area (Å²) < 4.78 is 0. The van der Waals surface area contributed by atoms with Crippen LogP contribution in [0.25, 0.3) is 0 Å². The third-order valence-corrected chi connectivity index (χ3v) is 4.67. The number of fused-ring (bicyclic) bond motifs is 1. The molecule has 1 aromatic heterocycles. The van der Waals surface area contributed by atoms with E-state index in [9.17, 15) is 4.79 Å². The van der Waals surface area contributed by atoms with Crippen molar-refractivity contribution in [3.8, 4) is 0 Å². The summed E-state index contributed by atoms with van der Waals surface area (Å²) in [6.45, 7) is 5.17. The summed E-state index contributed by atoms with van der Waals surface area (Å²) in [6, 6.07) is 0.490. The maximum Gasteiger partial charge on any atom is 0.272 e. The van der Waals surface area contributed by atoms with Crippen molar-refractivity contribution in [2.75, 3.05) is 19.6 Å². The average molecular weight is 276 g/mol. The van der Waals surface area contributed by atoms with Gasteiger partial charge in [-0.25, -0.2) is 0 Å². The van der Waals surface area contributed by atoms with E-state index in [4.69, 9.17) is 0 Å². The molecule has 1 aliphatic heterocycles. The third kappa shape index (κ3) is 2.59. The minimum absolute atomic E-state index is 0.00831. The predicted molar refractivity (Wildman–Crippen MR) is 77.8 cm³/mol. The average Bonchev–Trinajstić information content (AvgIpc) is 3.07. The van der Waals surface area contributed by atoms with E-state index < -0.39 is 0 Å². The molecule has 0 radical (unpaired) electrons. The normalized spacial score (nSPS) is 22.8. The minimum Gasteiger partial charge on any atom is -0.349 e. The lowest BCUT2D eigenvalue weighted by Gasteiger charge is -2.34. The molecule has 2 heterocycles. The Labute approximate surface area is 120 Å². The van der Waals surface area contributed by atoms with Crippen molar-refractivity contribution in [1.82, 2.24) is 20.4 Å². The molecule has 2 N–H and O–H groups in total. The van der Waals surface area contributed by atoms with Crippen LogP contribution in [0.2, 0.25) is 0 Å². The summed E-state index contributed by atoms with van der Waals surface area (Å²) in [6.07, 6.45) is 6.89. The van der Waals surface area contributed by atoms with E-state index in [2.05, 4.69) is 27.3 Å². The van der Waals surface area contributed by atoms with E-state index in [0.717, 1.165) is 50.2 Å². The number of aryl methyl sites for hydroxylation is 1. The van der Waals surface area contributed by atoms with Gasteiger partial charge in [-0.15, -0.1) is 0 Å². The molecule has 1 atom stereocenters. The van der Waals surface area contributed by atoms with Crippen molar-refractivity contribution >= 4 is 5.91 Å². The Morgan fingerprint density at radius 1 is 1.40 bits per heavy atom. The number of H-pyrrole nitrogens is 1. The summed E-state index contributed by atoms with van der Waals surface area (Å²) in [5, 5.41) is 10.3. The number of nitrogens with zero attached hydrogens (tertiary/aromatic N) is 2. The maximum atomic E-state index is 12.3. The second-order valence-electron chi connectivity index (χ2n) is 5.87. The highest BCUT2D eigenvalue weighted by molar-refractivity contribution is 5.94. The van der Waals surface area contributed by atoms with Gasteiger partial charge in [0.25, 0.3) is 5.91 Å². The Balaban J connectivity index is 1.59. The quantitative estimate of drug-likeness (QED) is 0.876. The van der Waals surface area contributed by atoms with E-state index >= 15 is 0 Å². The number of hydrogen-bond acceptors (Lipinski definition) is 3. The van der Waals surface area contributed by atoms with Crippen LogP contribution in [-0.4, -0.2) is 46.7 Å². The Hall–Kier alpha value is -1.36. The number of piperidine rings is 1. The number of rotatable bonds is 4. The Morgan fingerprint density at radius 2 is 2.30 bits per heavy atom. The maximum absolute atomic E-state index is 12.3. The van der Waals surface area contributed by atoms with Gasteiger partial charge in [0, 0.05) is 23.8 Å². The van der Waals surface area contributed by atoms with Gasteiger partial charge >= 0.3 is 0 Å². The predicted octanol–water partition coefficient (Wildman–Crippen LogP) is 1.50. The highest BCUT2D eigenvalue weighted by Gasteiger charge is 2.25. The summed E-state index contributed by atoms with van der Waals surface area (Å²) in [4.78, 5) is 14.8. The molecule has 5 heteroatoms. The molecule has 20 heavy (non-hydrogen) atoms. The zero-order chi connectivity index (χ0) is 13.9. The molecule has 0 bridgehead atoms. The number of aromatic nitrogens is 2. The van der Waals surface area contributed by atoms with E-state index in [0.29, 0.717) is 11.7 Å². The van der Waals surface area contributed by atoms with Crippen LogP contribution in [0.5, 0.6) is 0 Å². The van der Waals surface area contributed by atoms with Crippen LogP contribution < -0.4 is 5.32 Å². The van der Waals surface area contributed by atoms with Crippen LogP contribution in [0.1, 0.15) is 54.4 Å². The van der Waals surface area contributed by atoms with Gasteiger partial charge in [-0.1, -0.05) is 13.3 Å². The highest BCUT2D eigenvalue weighted by Crippen LogP contribution is 2.22. The lowest BCUT2D eigenvalue weighted by atomic mass is 10.0. The van der Waals surface area contributed by atoms with Gasteiger partial charge in [0.1, 0.15) is 0 Å². The third-order valence-electron chi connectivity index (χ3n) is 4.67. The molecule has 1 aliphatic carbocycles. The zero-order valence-corrected chi connectivity index (χ0v) is 12.2. The standard InChI is InChI=1S/C15H24N4O/c1-2-19-9-4-3-6-11(19)10-16-15(20)14-12-7-5-8-13(12)17-18-14/h11H,2-10H2,1H3,(H,16,20)(H,17,18). The molecule has 1 fully saturated rings. The molecular weight excluding hydrogens is 252 g/mol. The van der Waals surface area contributed by atoms with Crippen LogP contribution in [0.4, 0.5) is 0 Å². The van der Waals surface area contributed by atoms with Crippen molar-refractivity contribution in [2.45, 2.75) is 51.5 Å². The Kier molecular flexibility index (Phi) is 4.05. The van der Waals surface area contributed by atoms with Gasteiger partial charge in [-0.3, -0.25) is 14.8 Å². The first-order chi connectivity index (χ1) is 9.79. The van der Waals surface area contributed by atoms with Crippen LogP contribution in [0.3, 0.4) is 0 Å². The van der Waals surface area contributed by atoms with Crippen LogP contribution in [0, 0.1) is 0 Å². The van der Waals surface area contributed by atoms with Gasteiger partial charge in [-0.05, 0) is 45.2 Å². The number of carbonyl (C=O) groups excluding carboxylic acids is 1. The minimum atomic E-state index is -0.00831. The second-order valence-corrected chi connectivity index (χ2v) is 5.87. The number of likely N-dealkylation sites (tertiary alicyclic amines) is 1. The van der Waals surface area contributed by atoms with Gasteiger partial charge in [-0.2, -0.15) is 5.10 Å². The molecule has 5 nitrogen and oxygen atoms in total. The fourth-order valence-corrected chi connectivity index (χ4v) is 3.51. The Bertz CT molecular complexity index is 482. The van der Waals surface area contributed by atoms with E-state index in [1.807, 2.05) is 0 Å². The molecule has 110 valence electrons. The first kappa shape index (κ1) is 13.6. The van der Waals surface area contributed by atoms with Crippen molar-refractivity contribution in [1.29, 1.82) is 0 Å². The van der Waals surface area contributed by atoms with Crippen molar-refractivity contribution in [3.05, 3.63) is 17.0 Å². The summed E-state index contributed by atoms with van der Waals surface area (Å²) in [7, 11) is 0. The lowest BCUT2D eigenvalue weighted by molar-refractivity contribution is 0.0912. The summed E-state index contributed by atoms with van der Waals surface area (Å²) in [5.41, 5.74) is 2.91. The van der Waals surface area contributed by atoms with Gasteiger partial charge in [0.15, 0.2) is 5.69 Å². The summed E-state index contributed by atoms with van der Waals surface area (Å²) >= 11 is 0. The molecule has 1 amide bonds. The number of nitrogens with one attached hydrogen (secondary N) is 2. The number of aromatic amines is 1. The molecule has 1 saturated heterocycles. The van der Waals surface area contributed by atoms with E-state index in [-0.39, 0.29) is 5.91 Å². The topological polar surface area (TPSA) is 61.0 Å². The molecule has 3 rings (SSSR count). The smallest absolute Gasteiger partial charge is 0.272 e. The molecule has 2 aliphatic rings. The first-order valence-corrected chi connectivity index (χ1v) is 7.88. The largest absolute Gasteiger partial charge is 0.349 e. The molecular formula is C15H24N4O. The number of carbonyl (C=O) groups is 1. The highest BCUT2D eigenvalue weighted by atomic mass is 16.1. The SMILES string of the molecule is CCN1CCCCC1CNC(=O)c1n[nH]c2c1CCC2. The molecule has 0 aromatic carbocycles. The molecule has 0 saturated carbocycles. The van der Waals surface area contributed by atoms with Crippen LogP contribution >= 0.6 is 0 Å². The zero-order valence-electron chi connectivity index (χ0n) is 12.2. The molecule has 1 aromatic rings. The molecule has 0 spiro atoms.